The molecular weight excluding hydrogens is 293 g/mol. The lowest BCUT2D eigenvalue weighted by Crippen LogP contribution is -2.36. The van der Waals surface area contributed by atoms with E-state index in [1.54, 1.807) is 0 Å². The van der Waals surface area contributed by atoms with Gasteiger partial charge in [-0.1, -0.05) is 6.07 Å². The minimum atomic E-state index is -4.29. The highest BCUT2D eigenvalue weighted by Gasteiger charge is 2.33. The van der Waals surface area contributed by atoms with Crippen LogP contribution in [0.3, 0.4) is 0 Å². The summed E-state index contributed by atoms with van der Waals surface area (Å²) in [6.07, 6.45) is -0.0671. The fraction of sp³-hybridized carbons (Fsp3) is 0.300. The first-order chi connectivity index (χ1) is 9.31. The molecule has 108 valence electrons. The van der Waals surface area contributed by atoms with Crippen molar-refractivity contribution in [2.45, 2.75) is 17.4 Å². The van der Waals surface area contributed by atoms with Crippen molar-refractivity contribution >= 4 is 21.6 Å². The second kappa shape index (κ2) is 5.13. The van der Waals surface area contributed by atoms with E-state index in [0.717, 1.165) is 18.2 Å². The fourth-order valence-electron chi connectivity index (χ4n) is 1.86. The molecule has 0 aliphatic carbocycles. The maximum atomic E-state index is 13.4. The van der Waals surface area contributed by atoms with Crippen LogP contribution in [0.25, 0.3) is 0 Å². The van der Waals surface area contributed by atoms with Gasteiger partial charge in [-0.3, -0.25) is 14.9 Å². The summed E-state index contributed by atoms with van der Waals surface area (Å²) in [6, 6.07) is 2.09. The van der Waals surface area contributed by atoms with Gasteiger partial charge in [-0.05, 0) is 12.1 Å². The molecule has 10 heteroatoms. The van der Waals surface area contributed by atoms with Gasteiger partial charge < -0.3 is 5.32 Å². The van der Waals surface area contributed by atoms with Crippen LogP contribution in [0.4, 0.5) is 10.1 Å². The van der Waals surface area contributed by atoms with Gasteiger partial charge in [-0.2, -0.15) is 4.39 Å². The third-order valence-electron chi connectivity index (χ3n) is 2.72. The Labute approximate surface area is 113 Å². The first-order valence-electron chi connectivity index (χ1n) is 5.53. The predicted octanol–water partition coefficient (Wildman–Crippen LogP) is -0.0993. The van der Waals surface area contributed by atoms with Crippen LogP contribution in [0, 0.1) is 15.9 Å². The van der Waals surface area contributed by atoms with Gasteiger partial charge in [0.2, 0.25) is 21.7 Å². The van der Waals surface area contributed by atoms with Crippen LogP contribution >= 0.6 is 0 Å². The molecule has 20 heavy (non-hydrogen) atoms. The summed E-state index contributed by atoms with van der Waals surface area (Å²) in [5.74, 6) is -1.56. The molecule has 1 aromatic carbocycles. The zero-order valence-corrected chi connectivity index (χ0v) is 10.8. The van der Waals surface area contributed by atoms with Gasteiger partial charge >= 0.3 is 5.69 Å². The molecule has 0 saturated carbocycles. The van der Waals surface area contributed by atoms with Gasteiger partial charge in [0, 0.05) is 19.0 Å². The zero-order chi connectivity index (χ0) is 14.9. The standard InChI is InChI=1S/C10H10FN3O5S/c11-7-2-1-3-8(10(7)14(16)17)20(18,19)13-6-4-9(15)12-5-6/h1-3,6,13H,4-5H2,(H,12,15). The Morgan fingerprint density at radius 1 is 1.45 bits per heavy atom. The first-order valence-corrected chi connectivity index (χ1v) is 7.01. The molecule has 1 atom stereocenters. The average Bonchev–Trinajstić information content (AvgIpc) is 2.73. The molecule has 8 nitrogen and oxygen atoms in total. The molecule has 1 saturated heterocycles. The topological polar surface area (TPSA) is 118 Å². The van der Waals surface area contributed by atoms with Crippen molar-refractivity contribution < 1.29 is 22.5 Å². The SMILES string of the molecule is O=C1CC(NS(=O)(=O)c2cccc(F)c2[N+](=O)[O-])CN1. The van der Waals surface area contributed by atoms with Crippen molar-refractivity contribution in [1.29, 1.82) is 0 Å². The van der Waals surface area contributed by atoms with E-state index in [0.29, 0.717) is 0 Å². The number of hydrogen-bond acceptors (Lipinski definition) is 5. The highest BCUT2D eigenvalue weighted by molar-refractivity contribution is 7.89. The molecule has 2 rings (SSSR count). The smallest absolute Gasteiger partial charge is 0.324 e. The fourth-order valence-corrected chi connectivity index (χ4v) is 3.28. The van der Waals surface area contributed by atoms with Gasteiger partial charge in [0.1, 0.15) is 0 Å². The number of benzene rings is 1. The molecule has 1 aliphatic rings. The van der Waals surface area contributed by atoms with Crippen LogP contribution in [0.5, 0.6) is 0 Å². The van der Waals surface area contributed by atoms with Gasteiger partial charge in [-0.15, -0.1) is 0 Å². The maximum absolute atomic E-state index is 13.4. The molecule has 0 spiro atoms. The van der Waals surface area contributed by atoms with Crippen LogP contribution in [-0.2, 0) is 14.8 Å². The molecule has 1 unspecified atom stereocenters. The van der Waals surface area contributed by atoms with Crippen molar-refractivity contribution in [3.05, 3.63) is 34.1 Å². The summed E-state index contributed by atoms with van der Waals surface area (Å²) >= 11 is 0. The molecule has 1 aromatic rings. The molecule has 0 radical (unpaired) electrons. The quantitative estimate of drug-likeness (QED) is 0.595. The van der Waals surface area contributed by atoms with Crippen molar-refractivity contribution in [2.75, 3.05) is 6.54 Å². The van der Waals surface area contributed by atoms with Gasteiger partial charge in [0.25, 0.3) is 0 Å². The van der Waals surface area contributed by atoms with E-state index >= 15 is 0 Å². The Morgan fingerprint density at radius 2 is 2.15 bits per heavy atom. The number of carbonyl (C=O) groups excluding carboxylic acids is 1. The number of amides is 1. The second-order valence-electron chi connectivity index (χ2n) is 4.17. The summed E-state index contributed by atoms with van der Waals surface area (Å²) in [6.45, 7) is 0.0845. The number of carbonyl (C=O) groups is 1. The molecule has 1 heterocycles. The summed E-state index contributed by atoms with van der Waals surface area (Å²) in [7, 11) is -4.29. The Balaban J connectivity index is 2.37. The highest BCUT2D eigenvalue weighted by atomic mass is 32.2. The Kier molecular flexibility index (Phi) is 3.68. The summed E-state index contributed by atoms with van der Waals surface area (Å²) in [5, 5.41) is 13.2. The number of hydrogen-bond donors (Lipinski definition) is 2. The lowest BCUT2D eigenvalue weighted by atomic mass is 10.3. The van der Waals surface area contributed by atoms with Crippen LogP contribution in [0.1, 0.15) is 6.42 Å². The molecule has 1 amide bonds. The third kappa shape index (κ3) is 2.75. The van der Waals surface area contributed by atoms with E-state index < -0.39 is 37.4 Å². The number of sulfonamides is 1. The van der Waals surface area contributed by atoms with Gasteiger partial charge in [-0.25, -0.2) is 13.1 Å². The maximum Gasteiger partial charge on any atom is 0.324 e. The highest BCUT2D eigenvalue weighted by Crippen LogP contribution is 2.26. The van der Waals surface area contributed by atoms with E-state index in [2.05, 4.69) is 10.0 Å². The van der Waals surface area contributed by atoms with Gasteiger partial charge in [0.15, 0.2) is 4.90 Å². The Hall–Kier alpha value is -2.07. The number of nitrogens with one attached hydrogen (secondary N) is 2. The van der Waals surface area contributed by atoms with Crippen LogP contribution in [0.15, 0.2) is 23.1 Å². The Morgan fingerprint density at radius 3 is 2.70 bits per heavy atom. The van der Waals surface area contributed by atoms with Crippen molar-refractivity contribution in [3.63, 3.8) is 0 Å². The van der Waals surface area contributed by atoms with Gasteiger partial charge in [0.05, 0.1) is 4.92 Å². The zero-order valence-electron chi connectivity index (χ0n) is 10.00. The van der Waals surface area contributed by atoms with Crippen LogP contribution in [0.2, 0.25) is 0 Å². The lowest BCUT2D eigenvalue weighted by molar-refractivity contribution is -0.390. The van der Waals surface area contributed by atoms with Crippen LogP contribution < -0.4 is 10.0 Å². The number of rotatable bonds is 4. The predicted molar refractivity (Wildman–Crippen MR) is 64.8 cm³/mol. The van der Waals surface area contributed by atoms with Crippen molar-refractivity contribution in [2.24, 2.45) is 0 Å². The first kappa shape index (κ1) is 14.3. The minimum absolute atomic E-state index is 0.0671. The minimum Gasteiger partial charge on any atom is -0.354 e. The normalized spacial score (nSPS) is 18.9. The van der Waals surface area contributed by atoms with E-state index in [1.807, 2.05) is 0 Å². The average molecular weight is 303 g/mol. The van der Waals surface area contributed by atoms with Crippen molar-refractivity contribution in [3.8, 4) is 0 Å². The van der Waals surface area contributed by atoms with Crippen LogP contribution in [-0.4, -0.2) is 31.8 Å². The Bertz CT molecular complexity index is 675. The molecule has 0 aromatic heterocycles. The third-order valence-corrected chi connectivity index (χ3v) is 4.27. The van der Waals surface area contributed by atoms with Crippen molar-refractivity contribution in [1.82, 2.24) is 10.0 Å². The number of halogens is 1. The second-order valence-corrected chi connectivity index (χ2v) is 5.85. The van der Waals surface area contributed by atoms with E-state index in [-0.39, 0.29) is 18.9 Å². The van der Waals surface area contributed by atoms with E-state index in [1.165, 1.54) is 0 Å². The summed E-state index contributed by atoms with van der Waals surface area (Å²) in [4.78, 5) is 19.9. The largest absolute Gasteiger partial charge is 0.354 e. The number of nitrogens with zero attached hydrogens (tertiary/aromatic N) is 1. The molecule has 2 N–H and O–H groups in total. The van der Waals surface area contributed by atoms with E-state index in [4.69, 9.17) is 0 Å². The molecule has 1 aliphatic heterocycles. The molecular formula is C10H10FN3O5S. The number of nitro benzene ring substituents is 1. The number of para-hydroxylation sites is 1. The number of nitro groups is 1. The lowest BCUT2D eigenvalue weighted by Gasteiger charge is -2.11. The molecule has 0 bridgehead atoms. The summed E-state index contributed by atoms with van der Waals surface area (Å²) in [5.41, 5.74) is -1.11. The monoisotopic (exact) mass is 303 g/mol. The molecule has 1 fully saturated rings. The summed E-state index contributed by atoms with van der Waals surface area (Å²) < 4.78 is 39.7. The van der Waals surface area contributed by atoms with E-state index in [9.17, 15) is 27.7 Å².